The summed E-state index contributed by atoms with van der Waals surface area (Å²) in [5, 5.41) is 14.1. The third kappa shape index (κ3) is 4.98. The van der Waals surface area contributed by atoms with Crippen LogP contribution >= 0.6 is 0 Å². The highest BCUT2D eigenvalue weighted by atomic mass is 16.3. The largest absolute Gasteiger partial charge is 0.456 e. The molecule has 8 aromatic carbocycles. The Balaban J connectivity index is 0.994. The van der Waals surface area contributed by atoms with Crippen LogP contribution in [0.3, 0.4) is 0 Å². The quantitative estimate of drug-likeness (QED) is 0.185. The van der Waals surface area contributed by atoms with Gasteiger partial charge in [0.05, 0.1) is 16.7 Å². The van der Waals surface area contributed by atoms with Gasteiger partial charge in [0.15, 0.2) is 5.58 Å². The van der Waals surface area contributed by atoms with Crippen molar-refractivity contribution in [1.29, 1.82) is 0 Å². The van der Waals surface area contributed by atoms with Crippen molar-refractivity contribution in [3.8, 4) is 16.8 Å². The lowest BCUT2D eigenvalue weighted by molar-refractivity contribution is 0.410. The molecule has 12 rings (SSSR count). The fourth-order valence-corrected chi connectivity index (χ4v) is 8.92. The fraction of sp³-hybridized carbons (Fsp3) is 0.0392. The van der Waals surface area contributed by atoms with Gasteiger partial charge in [-0.15, -0.1) is 0 Å². The summed E-state index contributed by atoms with van der Waals surface area (Å²) in [6.07, 6.45) is -0.451. The second-order valence-corrected chi connectivity index (χ2v) is 14.7. The van der Waals surface area contributed by atoms with Crippen LogP contribution in [0.15, 0.2) is 196 Å². The molecule has 6 nitrogen and oxygen atoms in total. The molecule has 1 aliphatic heterocycles. The SMILES string of the molecule is c1ccc(C2=NC(c3cccc4oc5cc(-c6cccc7c6oc6c(-n8c9ccccc9c9ccccc98)cccc67)ccc5c34)NC(c3ccccc3)N2)cc1. The lowest BCUT2D eigenvalue weighted by Crippen LogP contribution is -2.44. The zero-order valence-electron chi connectivity index (χ0n) is 30.7. The molecule has 270 valence electrons. The number of nitrogens with one attached hydrogen (secondary N) is 2. The lowest BCUT2D eigenvalue weighted by Gasteiger charge is -2.32. The minimum atomic E-state index is -0.316. The maximum absolute atomic E-state index is 6.97. The molecular weight excluding hydrogens is 701 g/mol. The Hall–Kier alpha value is -7.41. The number of amidine groups is 1. The van der Waals surface area contributed by atoms with E-state index in [0.29, 0.717) is 0 Å². The number of hydrogen-bond acceptors (Lipinski definition) is 5. The Bertz CT molecular complexity index is 3320. The number of furan rings is 2. The van der Waals surface area contributed by atoms with Crippen molar-refractivity contribution in [2.24, 2.45) is 4.99 Å². The van der Waals surface area contributed by atoms with Gasteiger partial charge in [0.25, 0.3) is 0 Å². The smallest absolute Gasteiger partial charge is 0.159 e. The maximum Gasteiger partial charge on any atom is 0.159 e. The molecule has 0 amide bonds. The molecule has 11 aromatic rings. The minimum absolute atomic E-state index is 0.135. The standard InChI is InChI=1S/C51H34N4O2/c1-3-14-31(15-4-1)49-52-50(32-16-5-2-6-17-32)54-51(53-49)40-23-13-27-44-46(40)39-29-28-33(30-45(39)56-44)34-20-11-21-37-38-22-12-26-43(48(38)57-47(34)37)55-41-24-9-7-18-35(41)36-19-8-10-25-42(36)55/h1-30,49,51,53H,(H,52,54). The third-order valence-corrected chi connectivity index (χ3v) is 11.5. The summed E-state index contributed by atoms with van der Waals surface area (Å²) in [5.41, 5.74) is 12.0. The van der Waals surface area contributed by atoms with E-state index in [9.17, 15) is 0 Å². The second kappa shape index (κ2) is 12.6. The average molecular weight is 735 g/mol. The molecule has 0 bridgehead atoms. The number of aliphatic imine (C=N–C) groups is 1. The highest BCUT2D eigenvalue weighted by Gasteiger charge is 2.28. The summed E-state index contributed by atoms with van der Waals surface area (Å²) < 4.78 is 16.0. The van der Waals surface area contributed by atoms with E-state index in [4.69, 9.17) is 13.8 Å². The van der Waals surface area contributed by atoms with E-state index in [1.165, 1.54) is 10.8 Å². The predicted molar refractivity (Wildman–Crippen MR) is 232 cm³/mol. The van der Waals surface area contributed by atoms with E-state index in [2.05, 4.69) is 167 Å². The van der Waals surface area contributed by atoms with Gasteiger partial charge in [0.1, 0.15) is 34.9 Å². The van der Waals surface area contributed by atoms with Crippen LogP contribution in [0.5, 0.6) is 0 Å². The van der Waals surface area contributed by atoms with E-state index in [0.717, 1.165) is 94.3 Å². The van der Waals surface area contributed by atoms with Crippen molar-refractivity contribution in [3.05, 3.63) is 199 Å². The number of rotatable bonds is 5. The molecule has 0 fully saturated rings. The first-order chi connectivity index (χ1) is 28.3. The summed E-state index contributed by atoms with van der Waals surface area (Å²) in [7, 11) is 0. The van der Waals surface area contributed by atoms with Crippen LogP contribution in [-0.4, -0.2) is 10.4 Å². The minimum Gasteiger partial charge on any atom is -0.456 e. The van der Waals surface area contributed by atoms with Crippen molar-refractivity contribution < 1.29 is 8.83 Å². The summed E-state index contributed by atoms with van der Waals surface area (Å²) in [4.78, 5) is 5.25. The second-order valence-electron chi connectivity index (χ2n) is 14.7. The van der Waals surface area contributed by atoms with Crippen LogP contribution in [0.2, 0.25) is 0 Å². The highest BCUT2D eigenvalue weighted by Crippen LogP contribution is 2.43. The molecule has 0 saturated carbocycles. The zero-order valence-corrected chi connectivity index (χ0v) is 30.7. The number of fused-ring (bicyclic) bond motifs is 9. The van der Waals surface area contributed by atoms with E-state index >= 15 is 0 Å². The molecule has 0 radical (unpaired) electrons. The Labute approximate surface area is 327 Å². The summed E-state index contributed by atoms with van der Waals surface area (Å²) in [6, 6.07) is 63.6. The Morgan fingerprint density at radius 1 is 0.491 bits per heavy atom. The van der Waals surface area contributed by atoms with Crippen molar-refractivity contribution >= 4 is 71.5 Å². The molecule has 2 N–H and O–H groups in total. The van der Waals surface area contributed by atoms with Gasteiger partial charge in [-0.05, 0) is 47.5 Å². The number of nitrogens with zero attached hydrogens (tertiary/aromatic N) is 2. The van der Waals surface area contributed by atoms with Gasteiger partial charge < -0.3 is 18.7 Å². The molecule has 0 saturated heterocycles. The van der Waals surface area contributed by atoms with Crippen LogP contribution in [0, 0.1) is 0 Å². The number of hydrogen-bond donors (Lipinski definition) is 2. The van der Waals surface area contributed by atoms with E-state index < -0.39 is 0 Å². The van der Waals surface area contributed by atoms with Gasteiger partial charge in [0.2, 0.25) is 0 Å². The number of benzene rings is 8. The van der Waals surface area contributed by atoms with E-state index in [1.54, 1.807) is 0 Å². The molecule has 6 heteroatoms. The Morgan fingerprint density at radius 3 is 1.95 bits per heavy atom. The molecule has 2 unspecified atom stereocenters. The maximum atomic E-state index is 6.97. The topological polar surface area (TPSA) is 67.6 Å². The van der Waals surface area contributed by atoms with Crippen LogP contribution in [0.1, 0.15) is 29.0 Å². The first kappa shape index (κ1) is 31.9. The molecule has 0 spiro atoms. The summed E-state index contributed by atoms with van der Waals surface area (Å²) in [6.45, 7) is 0. The van der Waals surface area contributed by atoms with Crippen LogP contribution in [0.25, 0.3) is 82.5 Å². The Kier molecular flexibility index (Phi) is 7.03. The van der Waals surface area contributed by atoms with Crippen LogP contribution in [0.4, 0.5) is 0 Å². The number of aromatic nitrogens is 1. The van der Waals surface area contributed by atoms with Crippen molar-refractivity contribution in [1.82, 2.24) is 15.2 Å². The predicted octanol–water partition coefficient (Wildman–Crippen LogP) is 12.6. The van der Waals surface area contributed by atoms with E-state index in [1.807, 2.05) is 30.3 Å². The van der Waals surface area contributed by atoms with Gasteiger partial charge in [-0.3, -0.25) is 5.32 Å². The molecule has 57 heavy (non-hydrogen) atoms. The molecule has 2 atom stereocenters. The molecule has 1 aliphatic rings. The average Bonchev–Trinajstić information content (AvgIpc) is 3.96. The summed E-state index contributed by atoms with van der Waals surface area (Å²) >= 11 is 0. The Morgan fingerprint density at radius 2 is 1.16 bits per heavy atom. The normalized spacial score (nSPS) is 15.9. The molecule has 0 aliphatic carbocycles. The molecular formula is C51H34N4O2. The van der Waals surface area contributed by atoms with Crippen molar-refractivity contribution in [2.45, 2.75) is 12.3 Å². The highest BCUT2D eigenvalue weighted by molar-refractivity contribution is 6.15. The zero-order chi connectivity index (χ0) is 37.5. The van der Waals surface area contributed by atoms with Gasteiger partial charge in [-0.25, -0.2) is 4.99 Å². The monoisotopic (exact) mass is 734 g/mol. The van der Waals surface area contributed by atoms with Gasteiger partial charge in [0, 0.05) is 49.0 Å². The van der Waals surface area contributed by atoms with Crippen LogP contribution in [-0.2, 0) is 0 Å². The van der Waals surface area contributed by atoms with Crippen molar-refractivity contribution in [2.75, 3.05) is 0 Å². The third-order valence-electron chi connectivity index (χ3n) is 11.5. The first-order valence-corrected chi connectivity index (χ1v) is 19.4. The van der Waals surface area contributed by atoms with Gasteiger partial charge in [-0.2, -0.15) is 0 Å². The molecule has 4 heterocycles. The number of para-hydroxylation sites is 4. The van der Waals surface area contributed by atoms with Crippen LogP contribution < -0.4 is 10.6 Å². The van der Waals surface area contributed by atoms with Gasteiger partial charge in [-0.1, -0.05) is 146 Å². The lowest BCUT2D eigenvalue weighted by atomic mass is 9.99. The van der Waals surface area contributed by atoms with Crippen molar-refractivity contribution in [3.63, 3.8) is 0 Å². The summed E-state index contributed by atoms with van der Waals surface area (Å²) in [5.74, 6) is 0.848. The first-order valence-electron chi connectivity index (χ1n) is 19.4. The van der Waals surface area contributed by atoms with Gasteiger partial charge >= 0.3 is 0 Å². The van der Waals surface area contributed by atoms with E-state index in [-0.39, 0.29) is 12.3 Å². The molecule has 3 aromatic heterocycles. The fourth-order valence-electron chi connectivity index (χ4n) is 8.92.